The Labute approximate surface area is 206 Å². The van der Waals surface area contributed by atoms with E-state index in [2.05, 4.69) is 20.5 Å². The van der Waals surface area contributed by atoms with Crippen LogP contribution in [0.4, 0.5) is 8.78 Å². The zero-order valence-electron chi connectivity index (χ0n) is 18.9. The molecule has 1 aromatic rings. The van der Waals surface area contributed by atoms with Gasteiger partial charge < -0.3 is 24.8 Å². The lowest BCUT2D eigenvalue weighted by atomic mass is 9.88. The molecule has 0 radical (unpaired) electrons. The van der Waals surface area contributed by atoms with E-state index in [1.54, 1.807) is 32.2 Å². The molecule has 2 N–H and O–H groups in total. The summed E-state index contributed by atoms with van der Waals surface area (Å²) in [5.74, 6) is 0.982. The van der Waals surface area contributed by atoms with E-state index in [0.29, 0.717) is 23.9 Å². The molecule has 0 bridgehead atoms. The second-order valence-electron chi connectivity index (χ2n) is 7.87. The molecule has 2 fully saturated rings. The summed E-state index contributed by atoms with van der Waals surface area (Å²) in [6.07, 6.45) is 4.44. The first-order valence-electron chi connectivity index (χ1n) is 11.0. The molecule has 0 unspecified atom stereocenters. The first kappa shape index (κ1) is 26.8. The minimum absolute atomic E-state index is 0. The van der Waals surface area contributed by atoms with Crippen LogP contribution in [0.3, 0.4) is 0 Å². The quantitative estimate of drug-likeness (QED) is 0.270. The molecular formula is C22H35F2IN4O3. The lowest BCUT2D eigenvalue weighted by Crippen LogP contribution is -2.58. The third kappa shape index (κ3) is 7.05. The summed E-state index contributed by atoms with van der Waals surface area (Å²) in [6.45, 7) is 4.05. The highest BCUT2D eigenvalue weighted by Gasteiger charge is 2.39. The van der Waals surface area contributed by atoms with Crippen molar-refractivity contribution in [2.45, 2.75) is 51.3 Å². The van der Waals surface area contributed by atoms with Crippen molar-refractivity contribution >= 4 is 29.9 Å². The van der Waals surface area contributed by atoms with Crippen LogP contribution < -0.4 is 20.1 Å². The molecule has 32 heavy (non-hydrogen) atoms. The van der Waals surface area contributed by atoms with Crippen LogP contribution in [-0.2, 0) is 11.3 Å². The Kier molecular flexibility index (Phi) is 11.2. The van der Waals surface area contributed by atoms with Gasteiger partial charge in [-0.2, -0.15) is 8.78 Å². The van der Waals surface area contributed by atoms with Crippen molar-refractivity contribution < 1.29 is 23.0 Å². The van der Waals surface area contributed by atoms with Crippen LogP contribution in [-0.4, -0.2) is 69.5 Å². The highest BCUT2D eigenvalue weighted by Crippen LogP contribution is 2.33. The number of halogens is 3. The maximum absolute atomic E-state index is 13.0. The molecule has 3 rings (SSSR count). The number of nitrogens with zero attached hydrogens (tertiary/aromatic N) is 2. The monoisotopic (exact) mass is 568 g/mol. The van der Waals surface area contributed by atoms with E-state index in [4.69, 9.17) is 14.2 Å². The molecule has 0 aromatic heterocycles. The molecule has 0 aliphatic carbocycles. The van der Waals surface area contributed by atoms with E-state index >= 15 is 0 Å². The van der Waals surface area contributed by atoms with Gasteiger partial charge >= 0.3 is 6.61 Å². The van der Waals surface area contributed by atoms with Crippen LogP contribution in [0.2, 0.25) is 0 Å². The normalized spacial score (nSPS) is 18.8. The number of rotatable bonds is 9. The number of hydrogen-bond acceptors (Lipinski definition) is 5. The number of para-hydroxylation sites is 1. The molecule has 0 saturated carbocycles. The van der Waals surface area contributed by atoms with Gasteiger partial charge in [0, 0.05) is 44.5 Å². The minimum atomic E-state index is -2.92. The van der Waals surface area contributed by atoms with Gasteiger partial charge in [-0.05, 0) is 51.8 Å². The zero-order chi connectivity index (χ0) is 22.1. The largest absolute Gasteiger partial charge is 0.490 e. The second kappa shape index (κ2) is 13.3. The van der Waals surface area contributed by atoms with Crippen molar-refractivity contribution in [3.05, 3.63) is 23.8 Å². The molecule has 2 aliphatic heterocycles. The Hall–Kier alpha value is -1.40. The van der Waals surface area contributed by atoms with Crippen molar-refractivity contribution in [3.63, 3.8) is 0 Å². The molecule has 2 heterocycles. The summed E-state index contributed by atoms with van der Waals surface area (Å²) < 4.78 is 41.7. The summed E-state index contributed by atoms with van der Waals surface area (Å²) in [7, 11) is 1.70. The number of ether oxygens (including phenoxy) is 3. The molecule has 0 amide bonds. The number of benzene rings is 1. The average molecular weight is 568 g/mol. The summed E-state index contributed by atoms with van der Waals surface area (Å²) >= 11 is 0. The topological polar surface area (TPSA) is 67.4 Å². The van der Waals surface area contributed by atoms with E-state index < -0.39 is 6.61 Å². The molecule has 0 spiro atoms. The Morgan fingerprint density at radius 1 is 1.22 bits per heavy atom. The van der Waals surface area contributed by atoms with E-state index in [1.165, 1.54) is 12.8 Å². The van der Waals surface area contributed by atoms with Gasteiger partial charge in [0.2, 0.25) is 0 Å². The number of aliphatic imine (C=N–C) groups is 1. The first-order chi connectivity index (χ1) is 15.1. The van der Waals surface area contributed by atoms with Crippen LogP contribution >= 0.6 is 24.0 Å². The van der Waals surface area contributed by atoms with Crippen molar-refractivity contribution in [2.75, 3.05) is 46.5 Å². The van der Waals surface area contributed by atoms with E-state index in [0.717, 1.165) is 45.7 Å². The van der Waals surface area contributed by atoms with Crippen LogP contribution in [0.15, 0.2) is 23.2 Å². The fourth-order valence-electron chi connectivity index (χ4n) is 4.39. The van der Waals surface area contributed by atoms with Crippen LogP contribution in [0, 0.1) is 0 Å². The number of guanidine groups is 1. The maximum atomic E-state index is 13.0. The summed E-state index contributed by atoms with van der Waals surface area (Å²) in [4.78, 5) is 6.90. The van der Waals surface area contributed by atoms with E-state index in [-0.39, 0.29) is 41.8 Å². The molecule has 0 atom stereocenters. The molecule has 1 aromatic carbocycles. The minimum Gasteiger partial charge on any atom is -0.490 e. The zero-order valence-corrected chi connectivity index (χ0v) is 21.2. The first-order valence-corrected chi connectivity index (χ1v) is 11.0. The van der Waals surface area contributed by atoms with Crippen LogP contribution in [0.5, 0.6) is 11.5 Å². The fourth-order valence-corrected chi connectivity index (χ4v) is 4.39. The van der Waals surface area contributed by atoms with Crippen molar-refractivity contribution in [2.24, 2.45) is 4.99 Å². The van der Waals surface area contributed by atoms with Gasteiger partial charge in [0.15, 0.2) is 17.5 Å². The highest BCUT2D eigenvalue weighted by atomic mass is 127. The van der Waals surface area contributed by atoms with Gasteiger partial charge in [0.1, 0.15) is 0 Å². The van der Waals surface area contributed by atoms with E-state index in [1.807, 2.05) is 0 Å². The Bertz CT molecular complexity index is 727. The molecule has 2 saturated heterocycles. The van der Waals surface area contributed by atoms with Gasteiger partial charge in [-0.3, -0.25) is 9.89 Å². The Morgan fingerprint density at radius 2 is 1.94 bits per heavy atom. The van der Waals surface area contributed by atoms with Crippen LogP contribution in [0.1, 0.15) is 38.2 Å². The number of likely N-dealkylation sites (tertiary alicyclic amines) is 1. The third-order valence-electron chi connectivity index (χ3n) is 6.02. The highest BCUT2D eigenvalue weighted by molar-refractivity contribution is 14.0. The molecule has 7 nitrogen and oxygen atoms in total. The average Bonchev–Trinajstić information content (AvgIpc) is 3.32. The standard InChI is InChI=1S/C22H34F2N4O3.HI/c1-3-30-18-8-6-7-17(19(18)31-20(23)24)15-26-21(25-2)27-16-22(9-13-29-14-10-22)28-11-4-5-12-28;/h6-8,20H,3-5,9-16H2,1-2H3,(H2,25,26,27);1H. The van der Waals surface area contributed by atoms with Crippen LogP contribution in [0.25, 0.3) is 0 Å². The SMILES string of the molecule is CCOc1cccc(CNC(=NC)NCC2(N3CCCC3)CCOCC2)c1OC(F)F.I. The summed E-state index contributed by atoms with van der Waals surface area (Å²) in [5, 5.41) is 6.67. The van der Waals surface area contributed by atoms with Gasteiger partial charge in [-0.25, -0.2) is 0 Å². The maximum Gasteiger partial charge on any atom is 0.387 e. The van der Waals surface area contributed by atoms with Crippen molar-refractivity contribution in [1.82, 2.24) is 15.5 Å². The summed E-state index contributed by atoms with van der Waals surface area (Å²) in [5.41, 5.74) is 0.639. The lowest BCUT2D eigenvalue weighted by molar-refractivity contribution is -0.0520. The van der Waals surface area contributed by atoms with Gasteiger partial charge in [-0.15, -0.1) is 24.0 Å². The number of nitrogens with one attached hydrogen (secondary N) is 2. The van der Waals surface area contributed by atoms with Crippen molar-refractivity contribution in [3.8, 4) is 11.5 Å². The lowest BCUT2D eigenvalue weighted by Gasteiger charge is -2.45. The molecule has 182 valence electrons. The predicted molar refractivity (Wildman–Crippen MR) is 131 cm³/mol. The van der Waals surface area contributed by atoms with Gasteiger partial charge in [0.25, 0.3) is 0 Å². The predicted octanol–water partition coefficient (Wildman–Crippen LogP) is 3.61. The number of alkyl halides is 2. The second-order valence-corrected chi connectivity index (χ2v) is 7.87. The Balaban J connectivity index is 0.00000363. The third-order valence-corrected chi connectivity index (χ3v) is 6.02. The van der Waals surface area contributed by atoms with E-state index in [9.17, 15) is 8.78 Å². The Morgan fingerprint density at radius 3 is 2.56 bits per heavy atom. The fraction of sp³-hybridized carbons (Fsp3) is 0.682. The van der Waals surface area contributed by atoms with Gasteiger partial charge in [0.05, 0.1) is 6.61 Å². The summed E-state index contributed by atoms with van der Waals surface area (Å²) in [6, 6.07) is 5.13. The number of hydrogen-bond donors (Lipinski definition) is 2. The molecule has 2 aliphatic rings. The van der Waals surface area contributed by atoms with Gasteiger partial charge in [-0.1, -0.05) is 12.1 Å². The molecular weight excluding hydrogens is 533 g/mol. The molecule has 10 heteroatoms. The smallest absolute Gasteiger partial charge is 0.387 e. The van der Waals surface area contributed by atoms with Crippen molar-refractivity contribution in [1.29, 1.82) is 0 Å².